The van der Waals surface area contributed by atoms with Crippen LogP contribution in [-0.4, -0.2) is 25.1 Å². The lowest BCUT2D eigenvalue weighted by Crippen LogP contribution is -2.23. The van der Waals surface area contributed by atoms with Crippen molar-refractivity contribution < 1.29 is 19.1 Å². The molecule has 0 saturated heterocycles. The van der Waals surface area contributed by atoms with E-state index in [0.29, 0.717) is 16.3 Å². The molecule has 0 spiro atoms. The number of carbonyl (C=O) groups excluding carboxylic acids is 2. The first kappa shape index (κ1) is 16.5. The van der Waals surface area contributed by atoms with Gasteiger partial charge in [-0.3, -0.25) is 4.79 Å². The molecule has 1 N–H and O–H groups in total. The molecule has 0 aliphatic heterocycles. The van der Waals surface area contributed by atoms with Gasteiger partial charge in [0.1, 0.15) is 16.8 Å². The summed E-state index contributed by atoms with van der Waals surface area (Å²) in [5, 5.41) is 13.5. The van der Waals surface area contributed by atoms with E-state index >= 15 is 0 Å². The largest absolute Gasteiger partial charge is 0.482 e. The Balaban J connectivity index is 1.75. The van der Waals surface area contributed by atoms with E-state index in [1.165, 1.54) is 11.3 Å². The Morgan fingerprint density at radius 2 is 2.04 bits per heavy atom. The maximum Gasteiger partial charge on any atom is 0.344 e. The van der Waals surface area contributed by atoms with Gasteiger partial charge in [-0.2, -0.15) is 5.26 Å². The van der Waals surface area contributed by atoms with E-state index in [4.69, 9.17) is 14.7 Å². The van der Waals surface area contributed by atoms with Crippen molar-refractivity contribution in [2.24, 2.45) is 0 Å². The minimum atomic E-state index is -0.643. The Bertz CT molecular complexity index is 749. The second-order valence-corrected chi connectivity index (χ2v) is 5.45. The van der Waals surface area contributed by atoms with E-state index in [1.807, 2.05) is 25.1 Å². The maximum atomic E-state index is 11.7. The van der Waals surface area contributed by atoms with Crippen molar-refractivity contribution in [3.8, 4) is 11.8 Å². The Kier molecular flexibility index (Phi) is 5.72. The van der Waals surface area contributed by atoms with Crippen LogP contribution >= 0.6 is 11.3 Å². The quantitative estimate of drug-likeness (QED) is 0.822. The number of anilines is 1. The van der Waals surface area contributed by atoms with Gasteiger partial charge < -0.3 is 14.8 Å². The van der Waals surface area contributed by atoms with Gasteiger partial charge in [0.15, 0.2) is 13.2 Å². The van der Waals surface area contributed by atoms with Crippen molar-refractivity contribution in [2.75, 3.05) is 18.5 Å². The monoisotopic (exact) mass is 330 g/mol. The molecule has 0 atom stereocenters. The zero-order chi connectivity index (χ0) is 16.7. The summed E-state index contributed by atoms with van der Waals surface area (Å²) < 4.78 is 10.2. The molecule has 23 heavy (non-hydrogen) atoms. The molecule has 0 aliphatic rings. The van der Waals surface area contributed by atoms with Crippen molar-refractivity contribution in [1.82, 2.24) is 0 Å². The average Bonchev–Trinajstić information content (AvgIpc) is 2.99. The third-order valence-corrected chi connectivity index (χ3v) is 3.67. The number of benzene rings is 1. The van der Waals surface area contributed by atoms with Crippen LogP contribution in [0.2, 0.25) is 0 Å². The van der Waals surface area contributed by atoms with Crippen LogP contribution in [-0.2, 0) is 14.3 Å². The Morgan fingerprint density at radius 3 is 2.78 bits per heavy atom. The number of aryl methyl sites for hydroxylation is 1. The van der Waals surface area contributed by atoms with Gasteiger partial charge in [-0.1, -0.05) is 18.2 Å². The number of thiophene rings is 1. The molecular formula is C16H14N2O4S. The second kappa shape index (κ2) is 7.96. The number of nitrogens with zero attached hydrogens (tertiary/aromatic N) is 1. The summed E-state index contributed by atoms with van der Waals surface area (Å²) in [5.41, 5.74) is 1.28. The summed E-state index contributed by atoms with van der Waals surface area (Å²) in [5.74, 6) is -0.561. The molecule has 0 fully saturated rings. The van der Waals surface area contributed by atoms with Crippen molar-refractivity contribution in [2.45, 2.75) is 6.92 Å². The number of para-hydroxylation sites is 1. The number of carbonyl (C=O) groups is 2. The highest BCUT2D eigenvalue weighted by Gasteiger charge is 2.11. The van der Waals surface area contributed by atoms with Crippen molar-refractivity contribution in [3.63, 3.8) is 0 Å². The van der Waals surface area contributed by atoms with Crippen LogP contribution < -0.4 is 10.1 Å². The number of ether oxygens (including phenoxy) is 2. The molecule has 6 nitrogen and oxygen atoms in total. The summed E-state index contributed by atoms with van der Waals surface area (Å²) in [6.07, 6.45) is 0. The molecule has 1 aromatic heterocycles. The van der Waals surface area contributed by atoms with Gasteiger partial charge in [-0.15, -0.1) is 11.3 Å². The standard InChI is InChI=1S/C16H14N2O4S/c1-11-4-2-3-5-13(11)21-10-15(20)22-9-14(19)18-16-12(8-17)6-7-23-16/h2-7H,9-10H2,1H3,(H,18,19). The van der Waals surface area contributed by atoms with E-state index in [2.05, 4.69) is 5.32 Å². The number of hydrogen-bond acceptors (Lipinski definition) is 6. The maximum absolute atomic E-state index is 11.7. The Hall–Kier alpha value is -2.85. The minimum Gasteiger partial charge on any atom is -0.482 e. The minimum absolute atomic E-state index is 0.277. The van der Waals surface area contributed by atoms with Gasteiger partial charge in [0, 0.05) is 0 Å². The van der Waals surface area contributed by atoms with E-state index < -0.39 is 18.5 Å². The molecule has 0 aliphatic carbocycles. The van der Waals surface area contributed by atoms with Crippen molar-refractivity contribution in [3.05, 3.63) is 46.8 Å². The van der Waals surface area contributed by atoms with Crippen molar-refractivity contribution in [1.29, 1.82) is 5.26 Å². The van der Waals surface area contributed by atoms with Crippen LogP contribution in [0.25, 0.3) is 0 Å². The smallest absolute Gasteiger partial charge is 0.344 e. The van der Waals surface area contributed by atoms with Crippen LogP contribution in [0, 0.1) is 18.3 Å². The fourth-order valence-electron chi connectivity index (χ4n) is 1.70. The number of rotatable bonds is 6. The van der Waals surface area contributed by atoms with Crippen LogP contribution in [0.1, 0.15) is 11.1 Å². The van der Waals surface area contributed by atoms with Crippen LogP contribution in [0.4, 0.5) is 5.00 Å². The molecule has 1 amide bonds. The zero-order valence-electron chi connectivity index (χ0n) is 12.4. The molecule has 0 unspecified atom stereocenters. The number of nitrogens with one attached hydrogen (secondary N) is 1. The van der Waals surface area contributed by atoms with Gasteiger partial charge in [0.25, 0.3) is 5.91 Å². The SMILES string of the molecule is Cc1ccccc1OCC(=O)OCC(=O)Nc1sccc1C#N. The summed E-state index contributed by atoms with van der Waals surface area (Å²) in [6, 6.07) is 10.8. The number of hydrogen-bond donors (Lipinski definition) is 1. The normalized spacial score (nSPS) is 9.74. The summed E-state index contributed by atoms with van der Waals surface area (Å²) >= 11 is 1.23. The van der Waals surface area contributed by atoms with E-state index in [0.717, 1.165) is 5.56 Å². The van der Waals surface area contributed by atoms with Gasteiger partial charge >= 0.3 is 5.97 Å². The van der Waals surface area contributed by atoms with Crippen LogP contribution in [0.15, 0.2) is 35.7 Å². The van der Waals surface area contributed by atoms with Crippen LogP contribution in [0.5, 0.6) is 5.75 Å². The highest BCUT2D eigenvalue weighted by Crippen LogP contribution is 2.21. The molecule has 1 aromatic carbocycles. The lowest BCUT2D eigenvalue weighted by molar-refractivity contribution is -0.149. The van der Waals surface area contributed by atoms with Crippen LogP contribution in [0.3, 0.4) is 0 Å². The molecule has 7 heteroatoms. The third-order valence-electron chi connectivity index (χ3n) is 2.84. The number of amides is 1. The first-order chi connectivity index (χ1) is 11.1. The summed E-state index contributed by atoms with van der Waals surface area (Å²) in [7, 11) is 0. The predicted octanol–water partition coefficient (Wildman–Crippen LogP) is 2.49. The van der Waals surface area contributed by atoms with E-state index in [9.17, 15) is 9.59 Å². The Morgan fingerprint density at radius 1 is 1.26 bits per heavy atom. The van der Waals surface area contributed by atoms with Gasteiger partial charge in [-0.05, 0) is 30.0 Å². The summed E-state index contributed by atoms with van der Waals surface area (Å²) in [6.45, 7) is 1.15. The first-order valence-electron chi connectivity index (χ1n) is 6.71. The van der Waals surface area contributed by atoms with Gasteiger partial charge in [0.2, 0.25) is 0 Å². The topological polar surface area (TPSA) is 88.4 Å². The second-order valence-electron chi connectivity index (χ2n) is 4.54. The fourth-order valence-corrected chi connectivity index (χ4v) is 2.45. The fraction of sp³-hybridized carbons (Fsp3) is 0.188. The molecular weight excluding hydrogens is 316 g/mol. The predicted molar refractivity (Wildman–Crippen MR) is 85.3 cm³/mol. The highest BCUT2D eigenvalue weighted by molar-refractivity contribution is 7.14. The molecule has 0 bridgehead atoms. The molecule has 118 valence electrons. The summed E-state index contributed by atoms with van der Waals surface area (Å²) in [4.78, 5) is 23.3. The molecule has 2 aromatic rings. The van der Waals surface area contributed by atoms with E-state index in [-0.39, 0.29) is 6.61 Å². The average molecular weight is 330 g/mol. The number of nitriles is 1. The lowest BCUT2D eigenvalue weighted by Gasteiger charge is -2.09. The molecule has 0 saturated carbocycles. The first-order valence-corrected chi connectivity index (χ1v) is 7.59. The molecule has 1 heterocycles. The lowest BCUT2D eigenvalue weighted by atomic mass is 10.2. The van der Waals surface area contributed by atoms with E-state index in [1.54, 1.807) is 23.6 Å². The molecule has 0 radical (unpaired) electrons. The highest BCUT2D eigenvalue weighted by atomic mass is 32.1. The zero-order valence-corrected chi connectivity index (χ0v) is 13.2. The van der Waals surface area contributed by atoms with Gasteiger partial charge in [0.05, 0.1) is 5.56 Å². The Labute approximate surface area is 137 Å². The third kappa shape index (κ3) is 4.83. The number of esters is 1. The molecule has 2 rings (SSSR count). The van der Waals surface area contributed by atoms with Gasteiger partial charge in [-0.25, -0.2) is 4.79 Å². The van der Waals surface area contributed by atoms with Crippen molar-refractivity contribution >= 4 is 28.2 Å².